The Hall–Kier alpha value is -0.420. The standard InChI is InChI=1S/C12H26N2O2S/c1-5-11(6-2)14-12(15)9-13-8-7-10(3)17(4)16/h10-11,13H,5-9H2,1-4H3,(H,14,15). The monoisotopic (exact) mass is 262 g/mol. The van der Waals surface area contributed by atoms with Crippen LogP contribution in [0.2, 0.25) is 0 Å². The predicted molar refractivity (Wildman–Crippen MR) is 73.5 cm³/mol. The molecule has 0 aliphatic carbocycles. The molecule has 0 saturated heterocycles. The van der Waals surface area contributed by atoms with Crippen LogP contribution < -0.4 is 10.6 Å². The SMILES string of the molecule is CCC(CC)NC(=O)CNCCC(C)S(C)=O. The maximum Gasteiger partial charge on any atom is 0.234 e. The van der Waals surface area contributed by atoms with Crippen molar-refractivity contribution in [3.63, 3.8) is 0 Å². The van der Waals surface area contributed by atoms with E-state index in [1.807, 2.05) is 6.92 Å². The normalized spacial score (nSPS) is 14.6. The Morgan fingerprint density at radius 2 is 1.88 bits per heavy atom. The van der Waals surface area contributed by atoms with Gasteiger partial charge in [-0.2, -0.15) is 0 Å². The van der Waals surface area contributed by atoms with Gasteiger partial charge in [0.1, 0.15) is 0 Å². The summed E-state index contributed by atoms with van der Waals surface area (Å²) in [5.74, 6) is 0.0453. The zero-order valence-electron chi connectivity index (χ0n) is 11.4. The van der Waals surface area contributed by atoms with Crippen LogP contribution in [0.25, 0.3) is 0 Å². The molecule has 2 unspecified atom stereocenters. The molecule has 0 heterocycles. The van der Waals surface area contributed by atoms with Crippen molar-refractivity contribution in [2.75, 3.05) is 19.3 Å². The third-order valence-corrected chi connectivity index (χ3v) is 4.30. The number of nitrogens with one attached hydrogen (secondary N) is 2. The fourth-order valence-electron chi connectivity index (χ4n) is 1.44. The van der Waals surface area contributed by atoms with Crippen molar-refractivity contribution in [1.82, 2.24) is 10.6 Å². The van der Waals surface area contributed by atoms with Gasteiger partial charge in [0.25, 0.3) is 0 Å². The topological polar surface area (TPSA) is 58.2 Å². The molecule has 0 aromatic rings. The van der Waals surface area contributed by atoms with Gasteiger partial charge in [0, 0.05) is 28.3 Å². The Balaban J connectivity index is 3.61. The third-order valence-electron chi connectivity index (χ3n) is 2.93. The molecule has 0 radical (unpaired) electrons. The number of hydrogen-bond donors (Lipinski definition) is 2. The van der Waals surface area contributed by atoms with Crippen LogP contribution in [0.4, 0.5) is 0 Å². The summed E-state index contributed by atoms with van der Waals surface area (Å²) in [6, 6.07) is 0.284. The van der Waals surface area contributed by atoms with Gasteiger partial charge in [-0.1, -0.05) is 20.8 Å². The highest BCUT2D eigenvalue weighted by molar-refractivity contribution is 7.84. The minimum atomic E-state index is -0.777. The van der Waals surface area contributed by atoms with Crippen molar-refractivity contribution in [3.8, 4) is 0 Å². The second kappa shape index (κ2) is 9.59. The summed E-state index contributed by atoms with van der Waals surface area (Å²) in [7, 11) is -0.777. The summed E-state index contributed by atoms with van der Waals surface area (Å²) in [4.78, 5) is 11.5. The van der Waals surface area contributed by atoms with Crippen LogP contribution in [-0.2, 0) is 15.6 Å². The van der Waals surface area contributed by atoms with Crippen LogP contribution >= 0.6 is 0 Å². The first kappa shape index (κ1) is 16.6. The van der Waals surface area contributed by atoms with Crippen LogP contribution in [0.15, 0.2) is 0 Å². The lowest BCUT2D eigenvalue weighted by Crippen LogP contribution is -2.40. The summed E-state index contributed by atoms with van der Waals surface area (Å²) in [6.07, 6.45) is 4.48. The molecule has 5 heteroatoms. The van der Waals surface area contributed by atoms with E-state index < -0.39 is 10.8 Å². The number of carbonyl (C=O) groups excluding carboxylic acids is 1. The minimum absolute atomic E-state index is 0.0453. The smallest absolute Gasteiger partial charge is 0.234 e. The molecule has 0 fully saturated rings. The van der Waals surface area contributed by atoms with Crippen molar-refractivity contribution in [2.45, 2.75) is 51.3 Å². The van der Waals surface area contributed by atoms with E-state index in [0.717, 1.165) is 25.8 Å². The summed E-state index contributed by atoms with van der Waals surface area (Å²) < 4.78 is 11.1. The summed E-state index contributed by atoms with van der Waals surface area (Å²) >= 11 is 0. The van der Waals surface area contributed by atoms with E-state index in [-0.39, 0.29) is 17.2 Å². The van der Waals surface area contributed by atoms with E-state index in [2.05, 4.69) is 24.5 Å². The van der Waals surface area contributed by atoms with Crippen molar-refractivity contribution in [3.05, 3.63) is 0 Å². The van der Waals surface area contributed by atoms with Crippen molar-refractivity contribution in [2.24, 2.45) is 0 Å². The molecule has 0 bridgehead atoms. The van der Waals surface area contributed by atoms with Gasteiger partial charge >= 0.3 is 0 Å². The van der Waals surface area contributed by atoms with E-state index in [1.165, 1.54) is 0 Å². The van der Waals surface area contributed by atoms with Crippen molar-refractivity contribution in [1.29, 1.82) is 0 Å². The van der Waals surface area contributed by atoms with Gasteiger partial charge in [-0.25, -0.2) is 0 Å². The van der Waals surface area contributed by atoms with Gasteiger partial charge in [-0.05, 0) is 25.8 Å². The molecule has 0 spiro atoms. The number of rotatable bonds is 9. The van der Waals surface area contributed by atoms with Gasteiger partial charge in [-0.15, -0.1) is 0 Å². The first-order chi connectivity index (χ1) is 8.01. The fraction of sp³-hybridized carbons (Fsp3) is 0.917. The van der Waals surface area contributed by atoms with Crippen LogP contribution in [0.1, 0.15) is 40.0 Å². The minimum Gasteiger partial charge on any atom is -0.352 e. The molecular formula is C12H26N2O2S. The second-order valence-electron chi connectivity index (χ2n) is 4.36. The van der Waals surface area contributed by atoms with Gasteiger partial charge in [0.15, 0.2) is 0 Å². The Bertz CT molecular complexity index is 243. The molecule has 17 heavy (non-hydrogen) atoms. The van der Waals surface area contributed by atoms with Crippen molar-refractivity contribution >= 4 is 16.7 Å². The highest BCUT2D eigenvalue weighted by Crippen LogP contribution is 1.97. The molecule has 1 amide bonds. The van der Waals surface area contributed by atoms with Gasteiger partial charge in [0.2, 0.25) is 5.91 Å². The zero-order valence-corrected chi connectivity index (χ0v) is 12.2. The molecule has 0 aliphatic heterocycles. The Labute approximate surface area is 107 Å². The number of hydrogen-bond acceptors (Lipinski definition) is 3. The highest BCUT2D eigenvalue weighted by atomic mass is 32.2. The van der Waals surface area contributed by atoms with Gasteiger partial charge in [0.05, 0.1) is 6.54 Å². The maximum atomic E-state index is 11.5. The lowest BCUT2D eigenvalue weighted by molar-refractivity contribution is -0.121. The van der Waals surface area contributed by atoms with E-state index in [4.69, 9.17) is 0 Å². The van der Waals surface area contributed by atoms with Crippen LogP contribution in [0.5, 0.6) is 0 Å². The Morgan fingerprint density at radius 1 is 1.29 bits per heavy atom. The lowest BCUT2D eigenvalue weighted by Gasteiger charge is -2.15. The average molecular weight is 262 g/mol. The molecule has 102 valence electrons. The quantitative estimate of drug-likeness (QED) is 0.610. The van der Waals surface area contributed by atoms with E-state index in [9.17, 15) is 9.00 Å². The van der Waals surface area contributed by atoms with Crippen LogP contribution in [0, 0.1) is 0 Å². The molecule has 0 rings (SSSR count). The first-order valence-electron chi connectivity index (χ1n) is 6.33. The van der Waals surface area contributed by atoms with Crippen molar-refractivity contribution < 1.29 is 9.00 Å². The van der Waals surface area contributed by atoms with Crippen LogP contribution in [0.3, 0.4) is 0 Å². The zero-order chi connectivity index (χ0) is 13.3. The second-order valence-corrected chi connectivity index (χ2v) is 6.16. The number of carbonyl (C=O) groups is 1. The molecule has 2 atom stereocenters. The van der Waals surface area contributed by atoms with Crippen LogP contribution in [-0.4, -0.2) is 40.8 Å². The molecule has 0 saturated carbocycles. The molecule has 0 aromatic carbocycles. The molecule has 0 aromatic heterocycles. The van der Waals surface area contributed by atoms with E-state index in [0.29, 0.717) is 6.54 Å². The Kier molecular flexibility index (Phi) is 9.36. The van der Waals surface area contributed by atoms with E-state index in [1.54, 1.807) is 6.26 Å². The summed E-state index contributed by atoms with van der Waals surface area (Å²) in [6.45, 7) is 7.18. The average Bonchev–Trinajstić information content (AvgIpc) is 2.31. The summed E-state index contributed by atoms with van der Waals surface area (Å²) in [5, 5.41) is 6.23. The number of amides is 1. The third kappa shape index (κ3) is 8.32. The van der Waals surface area contributed by atoms with Gasteiger partial charge in [-0.3, -0.25) is 9.00 Å². The fourth-order valence-corrected chi connectivity index (χ4v) is 1.89. The predicted octanol–water partition coefficient (Wildman–Crippen LogP) is 1.04. The van der Waals surface area contributed by atoms with E-state index >= 15 is 0 Å². The molecular weight excluding hydrogens is 236 g/mol. The first-order valence-corrected chi connectivity index (χ1v) is 7.95. The van der Waals surface area contributed by atoms with Gasteiger partial charge < -0.3 is 10.6 Å². The molecule has 2 N–H and O–H groups in total. The molecule has 4 nitrogen and oxygen atoms in total. The highest BCUT2D eigenvalue weighted by Gasteiger charge is 2.08. The largest absolute Gasteiger partial charge is 0.352 e. The summed E-state index contributed by atoms with van der Waals surface area (Å²) in [5.41, 5.74) is 0. The Morgan fingerprint density at radius 3 is 2.35 bits per heavy atom. The molecule has 0 aliphatic rings. The maximum absolute atomic E-state index is 11.5. The lowest BCUT2D eigenvalue weighted by atomic mass is 10.2.